The lowest BCUT2D eigenvalue weighted by Crippen LogP contribution is -2.31. The Labute approximate surface area is 122 Å². The number of rotatable bonds is 2. The van der Waals surface area contributed by atoms with Crippen LogP contribution in [0.1, 0.15) is 17.3 Å². The van der Waals surface area contributed by atoms with Gasteiger partial charge in [0.2, 0.25) is 0 Å². The Kier molecular flexibility index (Phi) is 3.85. The minimum atomic E-state index is 0.111. The predicted octanol–water partition coefficient (Wildman–Crippen LogP) is 4.26. The molecule has 2 aromatic carbocycles. The third-order valence-corrected chi connectivity index (χ3v) is 6.57. The molecule has 0 saturated carbocycles. The van der Waals surface area contributed by atoms with Crippen LogP contribution in [0.5, 0.6) is 0 Å². The lowest BCUT2D eigenvalue weighted by atomic mass is 10.0. The second kappa shape index (κ2) is 5.59. The molecule has 1 saturated heterocycles. The Morgan fingerprint density at radius 1 is 1.05 bits per heavy atom. The summed E-state index contributed by atoms with van der Waals surface area (Å²) in [6.07, 6.45) is 0. The standard InChI is InChI=1S/C16H16OS2/c1-11-16(19-9-8-18-11)15(17)14-7-6-12-4-2-3-5-13(12)10-14/h2-7,10-11,16H,8-9H2,1H3. The summed E-state index contributed by atoms with van der Waals surface area (Å²) in [5.74, 6) is 2.53. The van der Waals surface area contributed by atoms with E-state index in [1.165, 1.54) is 5.39 Å². The van der Waals surface area contributed by atoms with Gasteiger partial charge < -0.3 is 0 Å². The highest BCUT2D eigenvalue weighted by Crippen LogP contribution is 2.33. The van der Waals surface area contributed by atoms with Crippen molar-refractivity contribution in [3.63, 3.8) is 0 Å². The molecule has 1 heterocycles. The van der Waals surface area contributed by atoms with Gasteiger partial charge in [0.15, 0.2) is 5.78 Å². The zero-order valence-corrected chi connectivity index (χ0v) is 12.5. The van der Waals surface area contributed by atoms with E-state index in [1.807, 2.05) is 53.9 Å². The monoisotopic (exact) mass is 288 g/mol. The lowest BCUT2D eigenvalue weighted by Gasteiger charge is -2.26. The molecule has 0 amide bonds. The summed E-state index contributed by atoms with van der Waals surface area (Å²) in [5, 5.41) is 2.87. The van der Waals surface area contributed by atoms with Gasteiger partial charge >= 0.3 is 0 Å². The van der Waals surface area contributed by atoms with Gasteiger partial charge in [-0.1, -0.05) is 43.3 Å². The topological polar surface area (TPSA) is 17.1 Å². The number of ketones is 1. The van der Waals surface area contributed by atoms with E-state index in [0.29, 0.717) is 5.25 Å². The van der Waals surface area contributed by atoms with Crippen LogP contribution in [-0.4, -0.2) is 27.8 Å². The van der Waals surface area contributed by atoms with E-state index in [2.05, 4.69) is 19.1 Å². The first-order valence-electron chi connectivity index (χ1n) is 6.52. The normalized spacial score (nSPS) is 23.4. The van der Waals surface area contributed by atoms with E-state index in [-0.39, 0.29) is 11.0 Å². The molecule has 0 aromatic heterocycles. The van der Waals surface area contributed by atoms with E-state index < -0.39 is 0 Å². The molecule has 0 spiro atoms. The molecule has 0 N–H and O–H groups in total. The highest BCUT2D eigenvalue weighted by atomic mass is 32.2. The van der Waals surface area contributed by atoms with Crippen LogP contribution in [0.25, 0.3) is 10.8 Å². The summed E-state index contributed by atoms with van der Waals surface area (Å²) in [7, 11) is 0. The van der Waals surface area contributed by atoms with Crippen LogP contribution in [0.3, 0.4) is 0 Å². The number of fused-ring (bicyclic) bond motifs is 1. The minimum Gasteiger partial charge on any atom is -0.293 e. The predicted molar refractivity (Wildman–Crippen MR) is 86.4 cm³/mol. The zero-order chi connectivity index (χ0) is 13.2. The Balaban J connectivity index is 1.92. The van der Waals surface area contributed by atoms with Crippen molar-refractivity contribution < 1.29 is 4.79 Å². The van der Waals surface area contributed by atoms with E-state index >= 15 is 0 Å². The average molecular weight is 288 g/mol. The fourth-order valence-electron chi connectivity index (χ4n) is 2.43. The average Bonchev–Trinajstić information content (AvgIpc) is 2.46. The Morgan fingerprint density at radius 3 is 2.58 bits per heavy atom. The molecule has 1 fully saturated rings. The van der Waals surface area contributed by atoms with Gasteiger partial charge in [-0.2, -0.15) is 11.8 Å². The van der Waals surface area contributed by atoms with Gasteiger partial charge in [-0.15, -0.1) is 11.8 Å². The Bertz CT molecular complexity index is 608. The molecule has 1 nitrogen and oxygen atoms in total. The quantitative estimate of drug-likeness (QED) is 0.769. The minimum absolute atomic E-state index is 0.111. The van der Waals surface area contributed by atoms with Crippen LogP contribution in [0.15, 0.2) is 42.5 Å². The van der Waals surface area contributed by atoms with Crippen molar-refractivity contribution in [3.05, 3.63) is 48.0 Å². The fourth-order valence-corrected chi connectivity index (χ4v) is 5.15. The molecule has 0 aliphatic carbocycles. The van der Waals surface area contributed by atoms with Crippen LogP contribution in [0.4, 0.5) is 0 Å². The third kappa shape index (κ3) is 2.67. The van der Waals surface area contributed by atoms with Crippen LogP contribution >= 0.6 is 23.5 Å². The van der Waals surface area contributed by atoms with Gasteiger partial charge in [-0.3, -0.25) is 4.79 Å². The molecule has 1 aliphatic heterocycles. The molecule has 98 valence electrons. The Morgan fingerprint density at radius 2 is 1.79 bits per heavy atom. The maximum absolute atomic E-state index is 12.6. The van der Waals surface area contributed by atoms with Gasteiger partial charge in [0.05, 0.1) is 5.25 Å². The highest BCUT2D eigenvalue weighted by molar-refractivity contribution is 8.07. The molecule has 2 unspecified atom stereocenters. The van der Waals surface area contributed by atoms with Crippen LogP contribution < -0.4 is 0 Å². The first-order valence-corrected chi connectivity index (χ1v) is 8.62. The highest BCUT2D eigenvalue weighted by Gasteiger charge is 2.29. The summed E-state index contributed by atoms with van der Waals surface area (Å²) < 4.78 is 0. The number of carbonyl (C=O) groups is 1. The first kappa shape index (κ1) is 13.1. The van der Waals surface area contributed by atoms with Crippen LogP contribution in [0, 0.1) is 0 Å². The number of thioether (sulfide) groups is 2. The summed E-state index contributed by atoms with van der Waals surface area (Å²) in [4.78, 5) is 12.6. The van der Waals surface area contributed by atoms with Crippen molar-refractivity contribution in [2.75, 3.05) is 11.5 Å². The van der Waals surface area contributed by atoms with Crippen molar-refractivity contribution in [1.29, 1.82) is 0 Å². The second-order valence-corrected chi connectivity index (χ2v) is 7.53. The van der Waals surface area contributed by atoms with Gasteiger partial charge in [-0.25, -0.2) is 0 Å². The van der Waals surface area contributed by atoms with Gasteiger partial charge in [0.1, 0.15) is 0 Å². The van der Waals surface area contributed by atoms with Crippen molar-refractivity contribution in [2.45, 2.75) is 17.4 Å². The van der Waals surface area contributed by atoms with Crippen molar-refractivity contribution in [3.8, 4) is 0 Å². The van der Waals surface area contributed by atoms with Gasteiger partial charge in [-0.05, 0) is 16.8 Å². The number of hydrogen-bond acceptors (Lipinski definition) is 3. The van der Waals surface area contributed by atoms with E-state index in [4.69, 9.17) is 0 Å². The smallest absolute Gasteiger partial charge is 0.176 e. The van der Waals surface area contributed by atoms with Crippen molar-refractivity contribution >= 4 is 40.1 Å². The van der Waals surface area contributed by atoms with E-state index in [1.54, 1.807) is 0 Å². The molecular weight excluding hydrogens is 272 g/mol. The molecule has 3 rings (SSSR count). The molecule has 0 bridgehead atoms. The van der Waals surface area contributed by atoms with Crippen LogP contribution in [0.2, 0.25) is 0 Å². The van der Waals surface area contributed by atoms with Crippen molar-refractivity contribution in [2.24, 2.45) is 0 Å². The van der Waals surface area contributed by atoms with Gasteiger partial charge in [0.25, 0.3) is 0 Å². The summed E-state index contributed by atoms with van der Waals surface area (Å²) >= 11 is 3.72. The van der Waals surface area contributed by atoms with E-state index in [9.17, 15) is 4.79 Å². The lowest BCUT2D eigenvalue weighted by molar-refractivity contribution is 0.0989. The summed E-state index contributed by atoms with van der Waals surface area (Å²) in [5.41, 5.74) is 0.852. The molecule has 2 aromatic rings. The second-order valence-electron chi connectivity index (χ2n) is 4.79. The molecule has 2 atom stereocenters. The number of hydrogen-bond donors (Lipinski definition) is 0. The molecular formula is C16H16OS2. The summed E-state index contributed by atoms with van der Waals surface area (Å²) in [6, 6.07) is 14.2. The van der Waals surface area contributed by atoms with Gasteiger partial charge in [0, 0.05) is 22.3 Å². The number of benzene rings is 2. The van der Waals surface area contributed by atoms with Crippen LogP contribution in [-0.2, 0) is 0 Å². The number of carbonyl (C=O) groups excluding carboxylic acids is 1. The molecule has 3 heteroatoms. The molecule has 1 aliphatic rings. The van der Waals surface area contributed by atoms with Crippen molar-refractivity contribution in [1.82, 2.24) is 0 Å². The Hall–Kier alpha value is -0.930. The summed E-state index contributed by atoms with van der Waals surface area (Å²) in [6.45, 7) is 2.17. The molecule has 19 heavy (non-hydrogen) atoms. The maximum Gasteiger partial charge on any atom is 0.176 e. The molecule has 0 radical (unpaired) electrons. The fraction of sp³-hybridized carbons (Fsp3) is 0.312. The zero-order valence-electron chi connectivity index (χ0n) is 10.8. The SMILES string of the molecule is CC1SCCSC1C(=O)c1ccc2ccccc2c1. The maximum atomic E-state index is 12.6. The first-order chi connectivity index (χ1) is 9.25. The van der Waals surface area contributed by atoms with E-state index in [0.717, 1.165) is 22.5 Å². The largest absolute Gasteiger partial charge is 0.293 e. The third-order valence-electron chi connectivity index (χ3n) is 3.48. The number of Topliss-reactive ketones (excluding diaryl/α,β-unsaturated/α-hetero) is 1.